The lowest BCUT2D eigenvalue weighted by Gasteiger charge is -2.12. The molecule has 0 saturated carbocycles. The Bertz CT molecular complexity index is 1220. The zero-order valence-electron chi connectivity index (χ0n) is 17.0. The molecule has 4 aromatic rings. The molecule has 0 aliphatic carbocycles. The monoisotopic (exact) mass is 482 g/mol. The number of nitrogens with zero attached hydrogens (tertiary/aromatic N) is 2. The molecule has 162 valence electrons. The molecule has 3 aromatic carbocycles. The molecule has 4 rings (SSSR count). The average Bonchev–Trinajstić information content (AvgIpc) is 3.22. The number of carbonyl (C=O) groups is 1. The van der Waals surface area contributed by atoms with Crippen LogP contribution in [0.5, 0.6) is 11.5 Å². The number of halogens is 1. The number of para-hydroxylation sites is 1. The number of hydrogen-bond acceptors (Lipinski definition) is 7. The zero-order valence-corrected chi connectivity index (χ0v) is 19.4. The number of hydrogen-bond donors (Lipinski definition) is 2. The minimum atomic E-state index is -0.196. The first-order valence-electron chi connectivity index (χ1n) is 9.67. The van der Waals surface area contributed by atoms with E-state index in [2.05, 4.69) is 20.8 Å². The summed E-state index contributed by atoms with van der Waals surface area (Å²) < 4.78 is 6.58. The highest BCUT2D eigenvalue weighted by molar-refractivity contribution is 8.01. The maximum absolute atomic E-state index is 12.5. The molecule has 0 atom stereocenters. The molecule has 2 N–H and O–H groups in total. The second-order valence-corrected chi connectivity index (χ2v) is 9.40. The second-order valence-electron chi connectivity index (χ2n) is 6.76. The third-order valence-electron chi connectivity index (χ3n) is 4.19. The van der Waals surface area contributed by atoms with Crippen LogP contribution in [0.15, 0.2) is 77.1 Å². The molecule has 0 saturated heterocycles. The van der Waals surface area contributed by atoms with E-state index in [1.165, 1.54) is 23.1 Å². The number of rotatable bonds is 8. The minimum Gasteiger partial charge on any atom is -0.455 e. The smallest absolute Gasteiger partial charge is 0.234 e. The van der Waals surface area contributed by atoms with Gasteiger partial charge in [0.1, 0.15) is 5.75 Å². The highest BCUT2D eigenvalue weighted by Gasteiger charge is 2.12. The van der Waals surface area contributed by atoms with Gasteiger partial charge in [-0.2, -0.15) is 0 Å². The van der Waals surface area contributed by atoms with Gasteiger partial charge in [-0.3, -0.25) is 4.79 Å². The van der Waals surface area contributed by atoms with Crippen molar-refractivity contribution in [2.24, 2.45) is 0 Å². The van der Waals surface area contributed by atoms with Crippen molar-refractivity contribution >= 4 is 57.1 Å². The summed E-state index contributed by atoms with van der Waals surface area (Å²) in [4.78, 5) is 12.5. The predicted octanol–water partition coefficient (Wildman–Crippen LogP) is 6.77. The third kappa shape index (κ3) is 6.23. The Hall–Kier alpha value is -3.07. The van der Waals surface area contributed by atoms with E-state index in [1.807, 2.05) is 61.5 Å². The van der Waals surface area contributed by atoms with E-state index in [9.17, 15) is 4.79 Å². The number of anilines is 3. The van der Waals surface area contributed by atoms with Crippen LogP contribution in [0.2, 0.25) is 5.02 Å². The number of ether oxygens (including phenoxy) is 1. The van der Waals surface area contributed by atoms with Crippen molar-refractivity contribution in [3.63, 3.8) is 0 Å². The number of aromatic nitrogens is 2. The highest BCUT2D eigenvalue weighted by Crippen LogP contribution is 2.33. The maximum Gasteiger partial charge on any atom is 0.234 e. The van der Waals surface area contributed by atoms with Crippen LogP contribution in [0.3, 0.4) is 0 Å². The minimum absolute atomic E-state index is 0.177. The second kappa shape index (κ2) is 10.5. The maximum atomic E-state index is 12.5. The van der Waals surface area contributed by atoms with Crippen LogP contribution in [0.4, 0.5) is 16.5 Å². The van der Waals surface area contributed by atoms with Crippen LogP contribution in [0.25, 0.3) is 0 Å². The summed E-state index contributed by atoms with van der Waals surface area (Å²) in [5.41, 5.74) is 2.61. The van der Waals surface area contributed by atoms with Gasteiger partial charge in [0.2, 0.25) is 11.0 Å². The van der Waals surface area contributed by atoms with Gasteiger partial charge in [-0.25, -0.2) is 0 Å². The van der Waals surface area contributed by atoms with Gasteiger partial charge < -0.3 is 15.4 Å². The number of carbonyl (C=O) groups excluding carboxylic acids is 1. The third-order valence-corrected chi connectivity index (χ3v) is 6.40. The van der Waals surface area contributed by atoms with Crippen molar-refractivity contribution in [3.05, 3.63) is 83.4 Å². The Labute approximate surface area is 199 Å². The number of benzene rings is 3. The van der Waals surface area contributed by atoms with Gasteiger partial charge in [0, 0.05) is 10.7 Å². The van der Waals surface area contributed by atoms with E-state index in [4.69, 9.17) is 16.3 Å². The van der Waals surface area contributed by atoms with E-state index < -0.39 is 0 Å². The molecule has 0 unspecified atom stereocenters. The van der Waals surface area contributed by atoms with Gasteiger partial charge in [-0.15, -0.1) is 10.2 Å². The topological polar surface area (TPSA) is 76.1 Å². The van der Waals surface area contributed by atoms with Crippen molar-refractivity contribution in [2.45, 2.75) is 11.3 Å². The SMILES string of the molecule is Cc1cccc(Nc2nnc(SCC(=O)Nc3cc(Cl)ccc3Oc3ccccc3)s2)c1. The van der Waals surface area contributed by atoms with Crippen molar-refractivity contribution in [2.75, 3.05) is 16.4 Å². The van der Waals surface area contributed by atoms with Crippen molar-refractivity contribution in [1.29, 1.82) is 0 Å². The van der Waals surface area contributed by atoms with Gasteiger partial charge >= 0.3 is 0 Å². The lowest BCUT2D eigenvalue weighted by molar-refractivity contribution is -0.113. The molecule has 0 bridgehead atoms. The van der Waals surface area contributed by atoms with Gasteiger partial charge in [0.05, 0.1) is 11.4 Å². The fraction of sp³-hybridized carbons (Fsp3) is 0.0870. The summed E-state index contributed by atoms with van der Waals surface area (Å²) in [6.45, 7) is 2.03. The Morgan fingerprint density at radius 2 is 1.91 bits per heavy atom. The van der Waals surface area contributed by atoms with Crippen molar-refractivity contribution < 1.29 is 9.53 Å². The Balaban J connectivity index is 1.35. The quantitative estimate of drug-likeness (QED) is 0.270. The largest absolute Gasteiger partial charge is 0.455 e. The van der Waals surface area contributed by atoms with Crippen LogP contribution < -0.4 is 15.4 Å². The summed E-state index contributed by atoms with van der Waals surface area (Å²) in [5.74, 6) is 1.16. The number of thioether (sulfide) groups is 1. The Morgan fingerprint density at radius 3 is 2.72 bits per heavy atom. The summed E-state index contributed by atoms with van der Waals surface area (Å²) >= 11 is 8.83. The molecule has 0 radical (unpaired) electrons. The first kappa shape index (κ1) is 22.1. The number of nitrogens with one attached hydrogen (secondary N) is 2. The molecule has 0 aliphatic rings. The van der Waals surface area contributed by atoms with E-state index in [0.717, 1.165) is 11.3 Å². The van der Waals surface area contributed by atoms with Crippen molar-refractivity contribution in [1.82, 2.24) is 10.2 Å². The average molecular weight is 483 g/mol. The lowest BCUT2D eigenvalue weighted by Crippen LogP contribution is -2.14. The first-order chi connectivity index (χ1) is 15.5. The molecule has 6 nitrogen and oxygen atoms in total. The molecule has 32 heavy (non-hydrogen) atoms. The zero-order chi connectivity index (χ0) is 22.3. The van der Waals surface area contributed by atoms with Crippen LogP contribution in [-0.4, -0.2) is 21.9 Å². The van der Waals surface area contributed by atoms with Crippen LogP contribution >= 0.6 is 34.7 Å². The van der Waals surface area contributed by atoms with Crippen LogP contribution in [0, 0.1) is 6.92 Å². The van der Waals surface area contributed by atoms with E-state index in [-0.39, 0.29) is 11.7 Å². The summed E-state index contributed by atoms with van der Waals surface area (Å²) in [5, 5.41) is 15.6. The molecule has 1 amide bonds. The molecule has 9 heteroatoms. The van der Waals surface area contributed by atoms with E-state index in [1.54, 1.807) is 18.2 Å². The van der Waals surface area contributed by atoms with Gasteiger partial charge in [0.15, 0.2) is 10.1 Å². The molecule has 0 spiro atoms. The molecular formula is C23H19ClN4O2S2. The summed E-state index contributed by atoms with van der Waals surface area (Å²) in [6.07, 6.45) is 0. The standard InChI is InChI=1S/C23H19ClN4O2S2/c1-15-6-5-7-17(12-15)25-22-27-28-23(32-22)31-14-21(29)26-19-13-16(24)10-11-20(19)30-18-8-3-2-4-9-18/h2-13H,14H2,1H3,(H,25,27)(H,26,29). The first-order valence-corrected chi connectivity index (χ1v) is 11.9. The lowest BCUT2D eigenvalue weighted by atomic mass is 10.2. The summed E-state index contributed by atoms with van der Waals surface area (Å²) in [7, 11) is 0. The molecule has 1 aromatic heterocycles. The van der Waals surface area contributed by atoms with E-state index in [0.29, 0.717) is 31.7 Å². The molecule has 1 heterocycles. The van der Waals surface area contributed by atoms with Gasteiger partial charge in [0.25, 0.3) is 0 Å². The Morgan fingerprint density at radius 1 is 1.06 bits per heavy atom. The van der Waals surface area contributed by atoms with Crippen LogP contribution in [0.1, 0.15) is 5.56 Å². The molecule has 0 aliphatic heterocycles. The van der Waals surface area contributed by atoms with E-state index >= 15 is 0 Å². The predicted molar refractivity (Wildman–Crippen MR) is 132 cm³/mol. The number of amides is 1. The Kier molecular flexibility index (Phi) is 7.26. The molecule has 0 fully saturated rings. The molecular weight excluding hydrogens is 464 g/mol. The summed E-state index contributed by atoms with van der Waals surface area (Å²) in [6, 6.07) is 22.5. The van der Waals surface area contributed by atoms with Crippen molar-refractivity contribution in [3.8, 4) is 11.5 Å². The fourth-order valence-corrected chi connectivity index (χ4v) is 4.53. The fourth-order valence-electron chi connectivity index (χ4n) is 2.78. The van der Waals surface area contributed by atoms with Gasteiger partial charge in [-0.1, -0.05) is 65.0 Å². The van der Waals surface area contributed by atoms with Gasteiger partial charge in [-0.05, 0) is 55.0 Å². The normalized spacial score (nSPS) is 10.6. The number of aryl methyl sites for hydroxylation is 1. The van der Waals surface area contributed by atoms with Crippen LogP contribution in [-0.2, 0) is 4.79 Å². The highest BCUT2D eigenvalue weighted by atomic mass is 35.5.